The number of carbonyl (C=O) groups excluding carboxylic acids is 1. The molecule has 0 aliphatic heterocycles. The van der Waals surface area contributed by atoms with Crippen LogP contribution in [-0.4, -0.2) is 28.4 Å². The molecule has 0 unspecified atom stereocenters. The maximum absolute atomic E-state index is 12.0. The van der Waals surface area contributed by atoms with Gasteiger partial charge in [-0.2, -0.15) is 18.3 Å². The summed E-state index contributed by atoms with van der Waals surface area (Å²) < 4.78 is 37.3. The normalized spacial score (nSPS) is 11.6. The topological polar surface area (TPSA) is 72.9 Å². The predicted molar refractivity (Wildman–Crippen MR) is 64.5 cm³/mol. The minimum absolute atomic E-state index is 0.260. The molecule has 5 nitrogen and oxygen atoms in total. The van der Waals surface area contributed by atoms with Crippen LogP contribution in [0.1, 0.15) is 25.2 Å². The molecule has 1 aromatic rings. The van der Waals surface area contributed by atoms with E-state index in [9.17, 15) is 18.0 Å². The summed E-state index contributed by atoms with van der Waals surface area (Å²) in [5, 5.41) is 5.94. The van der Waals surface area contributed by atoms with E-state index in [0.717, 1.165) is 0 Å². The third-order valence-electron chi connectivity index (χ3n) is 2.62. The van der Waals surface area contributed by atoms with Gasteiger partial charge in [-0.25, -0.2) is 0 Å². The largest absolute Gasteiger partial charge is 0.405 e. The second-order valence-electron chi connectivity index (χ2n) is 4.06. The summed E-state index contributed by atoms with van der Waals surface area (Å²) in [6.07, 6.45) is -3.25. The van der Waals surface area contributed by atoms with Gasteiger partial charge in [0.05, 0.1) is 17.1 Å². The molecule has 0 bridgehead atoms. The third kappa shape index (κ3) is 4.15. The lowest BCUT2D eigenvalue weighted by Gasteiger charge is -2.09. The summed E-state index contributed by atoms with van der Waals surface area (Å²) in [6.45, 7) is 2.11. The van der Waals surface area contributed by atoms with E-state index in [0.29, 0.717) is 29.9 Å². The molecule has 1 rings (SSSR count). The SMILES string of the molecule is CCc1nn(CC(=O)NCC(F)(F)F)c(CC)c1N. The Bertz CT molecular complexity index is 454. The molecular formula is C11H17F3N4O. The molecule has 0 aliphatic rings. The molecule has 0 radical (unpaired) electrons. The van der Waals surface area contributed by atoms with Gasteiger partial charge in [0, 0.05) is 0 Å². The van der Waals surface area contributed by atoms with E-state index in [4.69, 9.17) is 5.73 Å². The second kappa shape index (κ2) is 5.94. The number of nitrogens with two attached hydrogens (primary N) is 1. The van der Waals surface area contributed by atoms with Crippen LogP contribution in [0.15, 0.2) is 0 Å². The smallest absolute Gasteiger partial charge is 0.396 e. The number of halogens is 3. The maximum Gasteiger partial charge on any atom is 0.405 e. The fourth-order valence-electron chi connectivity index (χ4n) is 1.72. The third-order valence-corrected chi connectivity index (χ3v) is 2.62. The maximum atomic E-state index is 12.0. The van der Waals surface area contributed by atoms with Crippen LogP contribution < -0.4 is 11.1 Å². The lowest BCUT2D eigenvalue weighted by Crippen LogP contribution is -2.36. The van der Waals surface area contributed by atoms with Crippen molar-refractivity contribution in [3.8, 4) is 0 Å². The molecule has 1 heterocycles. The Labute approximate surface area is 109 Å². The number of hydrogen-bond donors (Lipinski definition) is 2. The monoisotopic (exact) mass is 278 g/mol. The van der Waals surface area contributed by atoms with Gasteiger partial charge in [-0.05, 0) is 12.8 Å². The molecular weight excluding hydrogens is 261 g/mol. The summed E-state index contributed by atoms with van der Waals surface area (Å²) >= 11 is 0. The number of carbonyl (C=O) groups is 1. The van der Waals surface area contributed by atoms with Gasteiger partial charge < -0.3 is 11.1 Å². The van der Waals surface area contributed by atoms with Gasteiger partial charge in [-0.15, -0.1) is 0 Å². The molecule has 0 saturated carbocycles. The lowest BCUT2D eigenvalue weighted by molar-refractivity contribution is -0.138. The number of aromatic nitrogens is 2. The Balaban J connectivity index is 2.74. The zero-order chi connectivity index (χ0) is 14.6. The molecule has 0 atom stereocenters. The average molecular weight is 278 g/mol. The van der Waals surface area contributed by atoms with Crippen molar-refractivity contribution in [1.29, 1.82) is 0 Å². The van der Waals surface area contributed by atoms with Crippen molar-refractivity contribution in [2.75, 3.05) is 12.3 Å². The Kier molecular flexibility index (Phi) is 4.79. The highest BCUT2D eigenvalue weighted by Gasteiger charge is 2.27. The van der Waals surface area contributed by atoms with Crippen molar-refractivity contribution in [1.82, 2.24) is 15.1 Å². The molecule has 0 saturated heterocycles. The van der Waals surface area contributed by atoms with Crippen LogP contribution in [-0.2, 0) is 24.2 Å². The van der Waals surface area contributed by atoms with Crippen molar-refractivity contribution in [3.05, 3.63) is 11.4 Å². The number of hydrogen-bond acceptors (Lipinski definition) is 3. The molecule has 0 fully saturated rings. The summed E-state index contributed by atoms with van der Waals surface area (Å²) in [5.41, 5.74) is 7.68. The number of anilines is 1. The van der Waals surface area contributed by atoms with E-state index >= 15 is 0 Å². The van der Waals surface area contributed by atoms with Crippen molar-refractivity contribution in [2.24, 2.45) is 0 Å². The fourth-order valence-corrected chi connectivity index (χ4v) is 1.72. The summed E-state index contributed by atoms with van der Waals surface area (Å²) in [4.78, 5) is 11.4. The highest BCUT2D eigenvalue weighted by Crippen LogP contribution is 2.18. The summed E-state index contributed by atoms with van der Waals surface area (Å²) in [5.74, 6) is -0.739. The lowest BCUT2D eigenvalue weighted by atomic mass is 10.2. The standard InChI is InChI=1S/C11H17F3N4O/c1-3-7-10(15)8(4-2)18(17-7)5-9(19)16-6-11(12,13)14/h3-6,15H2,1-2H3,(H,16,19). The zero-order valence-electron chi connectivity index (χ0n) is 10.8. The molecule has 1 amide bonds. The van der Waals surface area contributed by atoms with Gasteiger partial charge >= 0.3 is 6.18 Å². The first-order chi connectivity index (χ1) is 8.78. The van der Waals surface area contributed by atoms with Gasteiger partial charge in [0.15, 0.2) is 0 Å². The zero-order valence-corrected chi connectivity index (χ0v) is 10.8. The van der Waals surface area contributed by atoms with Crippen LogP contribution >= 0.6 is 0 Å². The molecule has 0 spiro atoms. The Morgan fingerprint density at radius 3 is 2.47 bits per heavy atom. The van der Waals surface area contributed by atoms with Crippen molar-refractivity contribution < 1.29 is 18.0 Å². The van der Waals surface area contributed by atoms with Gasteiger partial charge in [0.25, 0.3) is 0 Å². The van der Waals surface area contributed by atoms with Crippen LogP contribution in [0, 0.1) is 0 Å². The van der Waals surface area contributed by atoms with E-state index in [1.807, 2.05) is 13.8 Å². The molecule has 0 aromatic carbocycles. The molecule has 8 heteroatoms. The van der Waals surface area contributed by atoms with Crippen LogP contribution in [0.25, 0.3) is 0 Å². The first-order valence-electron chi connectivity index (χ1n) is 5.96. The molecule has 108 valence electrons. The average Bonchev–Trinajstić information content (AvgIpc) is 2.61. The van der Waals surface area contributed by atoms with Crippen LogP contribution in [0.2, 0.25) is 0 Å². The number of nitrogens with one attached hydrogen (secondary N) is 1. The molecule has 0 aliphatic carbocycles. The van der Waals surface area contributed by atoms with E-state index in [-0.39, 0.29) is 6.54 Å². The number of aryl methyl sites for hydroxylation is 1. The van der Waals surface area contributed by atoms with E-state index in [1.54, 1.807) is 5.32 Å². The number of amides is 1. The van der Waals surface area contributed by atoms with Crippen molar-refractivity contribution in [3.63, 3.8) is 0 Å². The second-order valence-corrected chi connectivity index (χ2v) is 4.06. The highest BCUT2D eigenvalue weighted by atomic mass is 19.4. The van der Waals surface area contributed by atoms with Gasteiger partial charge in [-0.3, -0.25) is 9.48 Å². The van der Waals surface area contributed by atoms with Gasteiger partial charge in [0.2, 0.25) is 5.91 Å². The van der Waals surface area contributed by atoms with Gasteiger partial charge in [-0.1, -0.05) is 13.8 Å². The van der Waals surface area contributed by atoms with Crippen LogP contribution in [0.4, 0.5) is 18.9 Å². The quantitative estimate of drug-likeness (QED) is 0.852. The van der Waals surface area contributed by atoms with E-state index < -0.39 is 18.6 Å². The number of rotatable bonds is 5. The van der Waals surface area contributed by atoms with E-state index in [1.165, 1.54) is 4.68 Å². The summed E-state index contributed by atoms with van der Waals surface area (Å²) in [7, 11) is 0. The Morgan fingerprint density at radius 1 is 1.37 bits per heavy atom. The first-order valence-corrected chi connectivity index (χ1v) is 5.96. The van der Waals surface area contributed by atoms with Crippen molar-refractivity contribution in [2.45, 2.75) is 39.4 Å². The van der Waals surface area contributed by atoms with E-state index in [2.05, 4.69) is 5.10 Å². The first kappa shape index (κ1) is 15.3. The minimum atomic E-state index is -4.42. The molecule has 1 aromatic heterocycles. The van der Waals surface area contributed by atoms with Gasteiger partial charge in [0.1, 0.15) is 13.1 Å². The fraction of sp³-hybridized carbons (Fsp3) is 0.636. The number of nitrogens with zero attached hydrogens (tertiary/aromatic N) is 2. The predicted octanol–water partition coefficient (Wildman–Crippen LogP) is 1.27. The molecule has 3 N–H and O–H groups in total. The minimum Gasteiger partial charge on any atom is -0.396 e. The van der Waals surface area contributed by atoms with Crippen LogP contribution in [0.5, 0.6) is 0 Å². The summed E-state index contributed by atoms with van der Waals surface area (Å²) in [6, 6.07) is 0. The Hall–Kier alpha value is -1.73. The Morgan fingerprint density at radius 2 is 2.00 bits per heavy atom. The number of alkyl halides is 3. The number of nitrogen functional groups attached to an aromatic ring is 1. The highest BCUT2D eigenvalue weighted by molar-refractivity contribution is 5.76. The van der Waals surface area contributed by atoms with Crippen LogP contribution in [0.3, 0.4) is 0 Å². The molecule has 19 heavy (non-hydrogen) atoms. The van der Waals surface area contributed by atoms with Crippen molar-refractivity contribution >= 4 is 11.6 Å².